The van der Waals surface area contributed by atoms with E-state index in [1.807, 2.05) is 78.9 Å². The number of amides is 4. The van der Waals surface area contributed by atoms with Gasteiger partial charge in [0.15, 0.2) is 17.0 Å². The Labute approximate surface area is 324 Å². The summed E-state index contributed by atoms with van der Waals surface area (Å²) in [6.07, 6.45) is 2.82. The van der Waals surface area contributed by atoms with Crippen LogP contribution in [0.1, 0.15) is 66.4 Å². The Balaban J connectivity index is 1.07. The van der Waals surface area contributed by atoms with Gasteiger partial charge < -0.3 is 46.3 Å². The van der Waals surface area contributed by atoms with E-state index in [2.05, 4.69) is 51.4 Å². The first kappa shape index (κ1) is 38.2. The quantitative estimate of drug-likeness (QED) is 0.0868. The van der Waals surface area contributed by atoms with Crippen LogP contribution < -0.4 is 31.5 Å². The molecular formula is C40H47N11O5. The van der Waals surface area contributed by atoms with Gasteiger partial charge in [-0.3, -0.25) is 9.59 Å². The number of aliphatic hydroxyl groups is 2. The van der Waals surface area contributed by atoms with Crippen LogP contribution in [0, 0.1) is 0 Å². The number of nitrogens with one attached hydrogen (secondary N) is 5. The number of pyridine rings is 1. The molecule has 4 atom stereocenters. The fraction of sp³-hybridized carbons (Fsp3) is 0.375. The number of carbonyl (C=O) groups is 3. The van der Waals surface area contributed by atoms with Crippen molar-refractivity contribution < 1.29 is 24.6 Å². The molecule has 0 radical (unpaired) electrons. The van der Waals surface area contributed by atoms with E-state index in [4.69, 9.17) is 0 Å². The second-order valence-electron chi connectivity index (χ2n) is 14.0. The van der Waals surface area contributed by atoms with Gasteiger partial charge in [0.2, 0.25) is 11.7 Å². The highest BCUT2D eigenvalue weighted by atomic mass is 16.3. The lowest BCUT2D eigenvalue weighted by molar-refractivity contribution is -0.122. The number of rotatable bonds is 13. The van der Waals surface area contributed by atoms with E-state index < -0.39 is 30.2 Å². The molecule has 2 fully saturated rings. The first-order chi connectivity index (χ1) is 27.3. The Bertz CT molecular complexity index is 2060. The second-order valence-corrected chi connectivity index (χ2v) is 14.0. The molecule has 7 rings (SSSR count). The van der Waals surface area contributed by atoms with Crippen molar-refractivity contribution in [3.63, 3.8) is 0 Å². The maximum Gasteiger partial charge on any atom is 0.315 e. The molecule has 7 N–H and O–H groups in total. The third-order valence-electron chi connectivity index (χ3n) is 10.3. The number of nitrogens with zero attached hydrogens (tertiary/aromatic N) is 6. The van der Waals surface area contributed by atoms with Crippen LogP contribution in [0.25, 0.3) is 11.2 Å². The van der Waals surface area contributed by atoms with E-state index in [0.29, 0.717) is 5.52 Å². The minimum Gasteiger partial charge on any atom is -0.388 e. The number of aliphatic hydroxyl groups excluding tert-OH is 2. The van der Waals surface area contributed by atoms with Crippen LogP contribution in [-0.4, -0.2) is 103 Å². The van der Waals surface area contributed by atoms with Gasteiger partial charge in [-0.2, -0.15) is 0 Å². The predicted molar refractivity (Wildman–Crippen MR) is 210 cm³/mol. The molecule has 5 aromatic rings. The number of hydrogen-bond acceptors (Lipinski definition) is 11. The number of piperidine rings is 1. The van der Waals surface area contributed by atoms with Crippen molar-refractivity contribution in [2.24, 2.45) is 0 Å². The predicted octanol–water partition coefficient (Wildman–Crippen LogP) is 2.68. The number of urea groups is 1. The fourth-order valence-corrected chi connectivity index (χ4v) is 7.35. The normalized spacial score (nSPS) is 19.8. The van der Waals surface area contributed by atoms with Crippen LogP contribution >= 0.6 is 0 Å². The van der Waals surface area contributed by atoms with Gasteiger partial charge >= 0.3 is 6.03 Å². The van der Waals surface area contributed by atoms with Crippen molar-refractivity contribution in [3.05, 3.63) is 108 Å². The van der Waals surface area contributed by atoms with Crippen molar-refractivity contribution >= 4 is 40.6 Å². The molecule has 0 spiro atoms. The van der Waals surface area contributed by atoms with E-state index in [-0.39, 0.29) is 67.2 Å². The highest BCUT2D eigenvalue weighted by Crippen LogP contribution is 2.35. The van der Waals surface area contributed by atoms with E-state index in [9.17, 15) is 24.6 Å². The standard InChI is InChI=1S/C40H47N11O5/c1-2-31(52)46-28-23-29(35(54)34(28)53)51-24-44-33-36(47-32(25-11-5-3-6-12-25)26-13-7-4-8-14-26)48-37(49-38(33)51)39(55)42-19-20-43-40(56)45-27-16-21-50(22-17-27)30-15-9-10-18-41-30/h3-15,18,24,27-29,32,34-35,53-54H,2,16-17,19-23H2,1H3,(H,42,55)(H,46,52)(H2,43,45,56)(H,47,48,49)/t28-,29+,34+,35-/m0/s1. The Morgan fingerprint density at radius 3 is 2.16 bits per heavy atom. The third-order valence-corrected chi connectivity index (χ3v) is 10.3. The summed E-state index contributed by atoms with van der Waals surface area (Å²) in [5, 5.41) is 37.0. The van der Waals surface area contributed by atoms with Crippen molar-refractivity contribution in [3.8, 4) is 0 Å². The highest BCUT2D eigenvalue weighted by molar-refractivity contribution is 5.94. The van der Waals surface area contributed by atoms with E-state index in [1.54, 1.807) is 17.7 Å². The highest BCUT2D eigenvalue weighted by Gasteiger charge is 2.44. The Kier molecular flexibility index (Phi) is 12.0. The Morgan fingerprint density at radius 1 is 0.821 bits per heavy atom. The maximum atomic E-state index is 13.7. The lowest BCUT2D eigenvalue weighted by Crippen LogP contribution is -2.49. The fourth-order valence-electron chi connectivity index (χ4n) is 7.35. The van der Waals surface area contributed by atoms with Crippen molar-refractivity contribution in [2.45, 2.75) is 69.0 Å². The molecular weight excluding hydrogens is 715 g/mol. The molecule has 2 aliphatic rings. The first-order valence-corrected chi connectivity index (χ1v) is 19.0. The number of fused-ring (bicyclic) bond motifs is 1. The summed E-state index contributed by atoms with van der Waals surface area (Å²) < 4.78 is 1.62. The van der Waals surface area contributed by atoms with Crippen LogP contribution in [0.4, 0.5) is 16.4 Å². The zero-order chi connectivity index (χ0) is 39.0. The molecule has 0 bridgehead atoms. The van der Waals surface area contributed by atoms with Crippen molar-refractivity contribution in [1.29, 1.82) is 0 Å². The molecule has 16 nitrogen and oxygen atoms in total. The van der Waals surface area contributed by atoms with E-state index in [0.717, 1.165) is 42.9 Å². The topological polar surface area (TPSA) is 212 Å². The summed E-state index contributed by atoms with van der Waals surface area (Å²) in [5.41, 5.74) is 2.51. The summed E-state index contributed by atoms with van der Waals surface area (Å²) >= 11 is 0. The number of benzene rings is 2. The van der Waals surface area contributed by atoms with Crippen LogP contribution in [0.3, 0.4) is 0 Å². The lowest BCUT2D eigenvalue weighted by Gasteiger charge is -2.33. The Hall–Kier alpha value is -6.13. The summed E-state index contributed by atoms with van der Waals surface area (Å²) in [6.45, 7) is 3.55. The average molecular weight is 762 g/mol. The number of imidazole rings is 1. The first-order valence-electron chi connectivity index (χ1n) is 19.0. The van der Waals surface area contributed by atoms with Gasteiger partial charge in [-0.15, -0.1) is 0 Å². The smallest absolute Gasteiger partial charge is 0.315 e. The van der Waals surface area contributed by atoms with Crippen molar-refractivity contribution in [2.75, 3.05) is 36.4 Å². The number of hydrogen-bond donors (Lipinski definition) is 7. The summed E-state index contributed by atoms with van der Waals surface area (Å²) in [4.78, 5) is 59.1. The molecule has 1 aliphatic heterocycles. The summed E-state index contributed by atoms with van der Waals surface area (Å²) in [6, 6.07) is 23.3. The minimum atomic E-state index is -1.25. The van der Waals surface area contributed by atoms with E-state index in [1.165, 1.54) is 6.33 Å². The average Bonchev–Trinajstić information content (AvgIpc) is 3.78. The maximum absolute atomic E-state index is 13.7. The molecule has 0 unspecified atom stereocenters. The molecule has 3 aromatic heterocycles. The lowest BCUT2D eigenvalue weighted by atomic mass is 9.99. The molecule has 56 heavy (non-hydrogen) atoms. The molecule has 292 valence electrons. The Morgan fingerprint density at radius 2 is 1.50 bits per heavy atom. The monoisotopic (exact) mass is 761 g/mol. The molecule has 16 heteroatoms. The van der Waals surface area contributed by atoms with Crippen molar-refractivity contribution in [1.82, 2.24) is 45.8 Å². The number of aromatic nitrogens is 5. The van der Waals surface area contributed by atoms with Crippen LogP contribution in [0.2, 0.25) is 0 Å². The van der Waals surface area contributed by atoms with Gasteiger partial charge in [0.05, 0.1) is 24.5 Å². The number of anilines is 2. The van der Waals surface area contributed by atoms with Gasteiger partial charge in [0, 0.05) is 44.8 Å². The molecule has 4 amide bonds. The van der Waals surface area contributed by atoms with Gasteiger partial charge in [-0.1, -0.05) is 73.7 Å². The summed E-state index contributed by atoms with van der Waals surface area (Å²) in [5.74, 6) is 0.228. The zero-order valence-corrected chi connectivity index (χ0v) is 31.1. The SMILES string of the molecule is CCC(=O)N[C@H]1C[C@@H](n2cnc3c(NC(c4ccccc4)c4ccccc4)nc(C(=O)NCCNC(=O)NC4CCN(c5ccccn5)CC4)nc32)[C@H](O)[C@@H]1O. The van der Waals surface area contributed by atoms with Crippen LogP contribution in [0.15, 0.2) is 91.4 Å². The zero-order valence-electron chi connectivity index (χ0n) is 31.1. The van der Waals surface area contributed by atoms with Gasteiger partial charge in [-0.05, 0) is 42.5 Å². The minimum absolute atomic E-state index is 0.0220. The van der Waals surface area contributed by atoms with Gasteiger partial charge in [-0.25, -0.2) is 24.7 Å². The third kappa shape index (κ3) is 8.71. The molecule has 1 aliphatic carbocycles. The van der Waals surface area contributed by atoms with E-state index >= 15 is 0 Å². The van der Waals surface area contributed by atoms with Crippen LogP contribution in [0.5, 0.6) is 0 Å². The molecule has 1 saturated heterocycles. The molecule has 4 heterocycles. The van der Waals surface area contributed by atoms with Gasteiger partial charge in [0.25, 0.3) is 5.91 Å². The largest absolute Gasteiger partial charge is 0.388 e. The number of carbonyl (C=O) groups excluding carboxylic acids is 3. The van der Waals surface area contributed by atoms with Crippen LogP contribution in [-0.2, 0) is 4.79 Å². The second kappa shape index (κ2) is 17.6. The molecule has 2 aromatic carbocycles. The molecule has 1 saturated carbocycles. The van der Waals surface area contributed by atoms with Gasteiger partial charge in [0.1, 0.15) is 18.0 Å². The summed E-state index contributed by atoms with van der Waals surface area (Å²) in [7, 11) is 0.